The van der Waals surface area contributed by atoms with Gasteiger partial charge in [0.25, 0.3) is 0 Å². The van der Waals surface area contributed by atoms with Gasteiger partial charge < -0.3 is 14.6 Å². The summed E-state index contributed by atoms with van der Waals surface area (Å²) >= 11 is 6.02. The van der Waals surface area contributed by atoms with Gasteiger partial charge in [0.2, 0.25) is 15.9 Å². The number of nitrogens with zero attached hydrogens (tertiary/aromatic N) is 2. The van der Waals surface area contributed by atoms with Gasteiger partial charge in [0.05, 0.1) is 24.1 Å². The Labute approximate surface area is 144 Å². The summed E-state index contributed by atoms with van der Waals surface area (Å²) in [5.41, 5.74) is 0.245. The number of carbonyl (C=O) groups is 1. The van der Waals surface area contributed by atoms with Crippen molar-refractivity contribution < 1.29 is 22.5 Å². The van der Waals surface area contributed by atoms with Gasteiger partial charge in [-0.05, 0) is 25.1 Å². The Hall–Kier alpha value is -2.26. The molecule has 24 heavy (non-hydrogen) atoms. The molecule has 0 unspecified atom stereocenters. The van der Waals surface area contributed by atoms with E-state index in [0.29, 0.717) is 11.5 Å². The number of rotatable bonds is 6. The highest BCUT2D eigenvalue weighted by Gasteiger charge is 2.22. The molecule has 0 saturated carbocycles. The number of amides is 1. The minimum atomic E-state index is -3.71. The lowest BCUT2D eigenvalue weighted by atomic mass is 10.3. The van der Waals surface area contributed by atoms with E-state index in [0.717, 1.165) is 10.6 Å². The highest BCUT2D eigenvalue weighted by molar-refractivity contribution is 7.92. The molecule has 1 heterocycles. The van der Waals surface area contributed by atoms with Gasteiger partial charge in [-0.1, -0.05) is 16.8 Å². The van der Waals surface area contributed by atoms with Gasteiger partial charge in [0.15, 0.2) is 5.82 Å². The molecule has 0 radical (unpaired) electrons. The fourth-order valence-electron chi connectivity index (χ4n) is 1.95. The number of anilines is 2. The molecule has 10 heteroatoms. The molecule has 8 nitrogen and oxygen atoms in total. The van der Waals surface area contributed by atoms with Crippen LogP contribution in [0.15, 0.2) is 28.8 Å². The zero-order valence-corrected chi connectivity index (χ0v) is 14.8. The van der Waals surface area contributed by atoms with Crippen LogP contribution >= 0.6 is 11.6 Å². The first-order chi connectivity index (χ1) is 11.2. The lowest BCUT2D eigenvalue weighted by molar-refractivity contribution is -0.114. The van der Waals surface area contributed by atoms with Crippen LogP contribution in [0.4, 0.5) is 11.5 Å². The summed E-state index contributed by atoms with van der Waals surface area (Å²) in [6.45, 7) is 1.23. The number of hydrogen-bond acceptors (Lipinski definition) is 6. The van der Waals surface area contributed by atoms with Crippen molar-refractivity contribution in [1.29, 1.82) is 0 Å². The number of methoxy groups -OCH3 is 1. The Morgan fingerprint density at radius 1 is 1.42 bits per heavy atom. The van der Waals surface area contributed by atoms with Gasteiger partial charge in [-0.3, -0.25) is 9.10 Å². The summed E-state index contributed by atoms with van der Waals surface area (Å²) in [6.07, 6.45) is 0.999. The predicted octanol–water partition coefficient (Wildman–Crippen LogP) is 2.05. The zero-order valence-electron chi connectivity index (χ0n) is 13.2. The fourth-order valence-corrected chi connectivity index (χ4v) is 3.05. The quantitative estimate of drug-likeness (QED) is 0.831. The number of aromatic nitrogens is 1. The molecule has 0 aliphatic rings. The normalized spacial score (nSPS) is 11.2. The van der Waals surface area contributed by atoms with Gasteiger partial charge in [0, 0.05) is 6.07 Å². The van der Waals surface area contributed by atoms with Crippen LogP contribution in [-0.2, 0) is 14.8 Å². The maximum absolute atomic E-state index is 12.1. The van der Waals surface area contributed by atoms with Crippen LogP contribution in [0.1, 0.15) is 5.76 Å². The number of carbonyl (C=O) groups excluding carboxylic acids is 1. The van der Waals surface area contributed by atoms with Crippen LogP contribution in [0.25, 0.3) is 0 Å². The summed E-state index contributed by atoms with van der Waals surface area (Å²) in [5.74, 6) is 0.558. The minimum Gasteiger partial charge on any atom is -0.495 e. The largest absolute Gasteiger partial charge is 0.495 e. The van der Waals surface area contributed by atoms with E-state index >= 15 is 0 Å². The van der Waals surface area contributed by atoms with E-state index in [2.05, 4.69) is 10.5 Å². The number of benzene rings is 1. The van der Waals surface area contributed by atoms with Gasteiger partial charge in [-0.25, -0.2) is 8.42 Å². The van der Waals surface area contributed by atoms with Crippen molar-refractivity contribution >= 4 is 39.0 Å². The van der Waals surface area contributed by atoms with E-state index in [1.807, 2.05) is 0 Å². The van der Waals surface area contributed by atoms with Crippen molar-refractivity contribution in [2.45, 2.75) is 6.92 Å². The molecule has 0 saturated heterocycles. The Morgan fingerprint density at radius 3 is 2.62 bits per heavy atom. The van der Waals surface area contributed by atoms with E-state index in [4.69, 9.17) is 20.9 Å². The van der Waals surface area contributed by atoms with E-state index in [-0.39, 0.29) is 16.5 Å². The molecular formula is C14H16ClN3O5S. The summed E-state index contributed by atoms with van der Waals surface area (Å²) in [5, 5.41) is 6.32. The number of ether oxygens (including phenoxy) is 1. The summed E-state index contributed by atoms with van der Waals surface area (Å²) < 4.78 is 34.9. The Kier molecular flexibility index (Phi) is 5.35. The summed E-state index contributed by atoms with van der Waals surface area (Å²) in [7, 11) is -2.26. The standard InChI is InChI=1S/C14H16ClN3O5S/c1-9-6-13(17-23-9)16-14(19)8-18(24(3,20)21)10-4-5-12(22-2)11(15)7-10/h4-7H,8H2,1-3H3,(H,16,17,19). The Bertz CT molecular complexity index is 850. The van der Waals surface area contributed by atoms with Gasteiger partial charge in [-0.2, -0.15) is 0 Å². The molecule has 0 bridgehead atoms. The highest BCUT2D eigenvalue weighted by atomic mass is 35.5. The molecular weight excluding hydrogens is 358 g/mol. The number of halogens is 1. The van der Waals surface area contributed by atoms with Crippen LogP contribution in [0, 0.1) is 6.92 Å². The highest BCUT2D eigenvalue weighted by Crippen LogP contribution is 2.30. The third kappa shape index (κ3) is 4.39. The van der Waals surface area contributed by atoms with Gasteiger partial charge in [-0.15, -0.1) is 0 Å². The second-order valence-corrected chi connectivity index (χ2v) is 7.27. The van der Waals surface area contributed by atoms with Crippen LogP contribution in [0.3, 0.4) is 0 Å². The molecule has 0 aliphatic carbocycles. The van der Waals surface area contributed by atoms with E-state index in [9.17, 15) is 13.2 Å². The number of sulfonamides is 1. The molecule has 2 rings (SSSR count). The second kappa shape index (κ2) is 7.10. The summed E-state index contributed by atoms with van der Waals surface area (Å²) in [6, 6.07) is 5.95. The van der Waals surface area contributed by atoms with Crippen LogP contribution < -0.4 is 14.4 Å². The number of aryl methyl sites for hydroxylation is 1. The number of hydrogen-bond donors (Lipinski definition) is 1. The van der Waals surface area contributed by atoms with Gasteiger partial charge in [0.1, 0.15) is 18.1 Å². The van der Waals surface area contributed by atoms with Gasteiger partial charge >= 0.3 is 0 Å². The molecule has 2 aromatic rings. The first-order valence-corrected chi connectivity index (χ1v) is 8.97. The topological polar surface area (TPSA) is 102 Å². The molecule has 130 valence electrons. The van der Waals surface area contributed by atoms with Crippen LogP contribution in [0.2, 0.25) is 5.02 Å². The maximum atomic E-state index is 12.1. The lowest BCUT2D eigenvalue weighted by Gasteiger charge is -2.22. The number of nitrogens with one attached hydrogen (secondary N) is 1. The molecule has 0 spiro atoms. The molecule has 0 atom stereocenters. The zero-order chi connectivity index (χ0) is 17.9. The molecule has 1 amide bonds. The lowest BCUT2D eigenvalue weighted by Crippen LogP contribution is -2.37. The summed E-state index contributed by atoms with van der Waals surface area (Å²) in [4.78, 5) is 12.1. The van der Waals surface area contributed by atoms with Crippen molar-refractivity contribution in [3.8, 4) is 5.75 Å². The molecule has 0 fully saturated rings. The maximum Gasteiger partial charge on any atom is 0.246 e. The van der Waals surface area contributed by atoms with E-state index < -0.39 is 22.5 Å². The third-order valence-electron chi connectivity index (χ3n) is 3.01. The predicted molar refractivity (Wildman–Crippen MR) is 90.1 cm³/mol. The third-order valence-corrected chi connectivity index (χ3v) is 4.44. The first kappa shape index (κ1) is 18.1. The van der Waals surface area contributed by atoms with Crippen molar-refractivity contribution in [3.05, 3.63) is 35.0 Å². The first-order valence-electron chi connectivity index (χ1n) is 6.75. The Morgan fingerprint density at radius 2 is 2.12 bits per heavy atom. The molecule has 1 aromatic carbocycles. The molecule has 1 aromatic heterocycles. The molecule has 0 aliphatic heterocycles. The van der Waals surface area contributed by atoms with Crippen molar-refractivity contribution in [2.75, 3.05) is 29.5 Å². The average molecular weight is 374 g/mol. The minimum absolute atomic E-state index is 0.207. The SMILES string of the molecule is COc1ccc(N(CC(=O)Nc2cc(C)on2)S(C)(=O)=O)cc1Cl. The van der Waals surface area contributed by atoms with Crippen molar-refractivity contribution in [2.24, 2.45) is 0 Å². The molecule has 1 N–H and O–H groups in total. The van der Waals surface area contributed by atoms with Crippen LogP contribution in [-0.4, -0.2) is 39.4 Å². The fraction of sp³-hybridized carbons (Fsp3) is 0.286. The van der Waals surface area contributed by atoms with Crippen molar-refractivity contribution in [1.82, 2.24) is 5.16 Å². The monoisotopic (exact) mass is 373 g/mol. The Balaban J connectivity index is 2.23. The van der Waals surface area contributed by atoms with Crippen molar-refractivity contribution in [3.63, 3.8) is 0 Å². The van der Waals surface area contributed by atoms with E-state index in [1.165, 1.54) is 31.4 Å². The average Bonchev–Trinajstić information content (AvgIpc) is 2.88. The second-order valence-electron chi connectivity index (χ2n) is 4.96. The smallest absolute Gasteiger partial charge is 0.246 e. The van der Waals surface area contributed by atoms with Crippen LogP contribution in [0.5, 0.6) is 5.75 Å². The van der Waals surface area contributed by atoms with E-state index in [1.54, 1.807) is 6.92 Å².